The molecule has 3 atom stereocenters. The van der Waals surface area contributed by atoms with Crippen LogP contribution in [-0.4, -0.2) is 41.1 Å². The zero-order valence-corrected chi connectivity index (χ0v) is 16.2. The number of carbonyl (C=O) groups is 3. The second kappa shape index (κ2) is 8.22. The monoisotopic (exact) mass is 398 g/mol. The normalized spacial score (nSPS) is 23.1. The third-order valence-corrected chi connectivity index (χ3v) is 6.78. The molecule has 2 saturated heterocycles. The Morgan fingerprint density at radius 2 is 1.89 bits per heavy atom. The summed E-state index contributed by atoms with van der Waals surface area (Å²) in [5.74, 6) is -0.170. The maximum atomic E-state index is 12.4. The van der Waals surface area contributed by atoms with Gasteiger partial charge in [-0.15, -0.1) is 0 Å². The summed E-state index contributed by atoms with van der Waals surface area (Å²) in [6, 6.07) is 13.2. The number of fused-ring (bicyclic) bond motifs is 2. The number of urea groups is 1. The lowest BCUT2D eigenvalue weighted by Crippen LogP contribution is -2.36. The fraction of sp³-hybridized carbons (Fsp3) is 0.381. The predicted octanol–water partition coefficient (Wildman–Crippen LogP) is 3.25. The van der Waals surface area contributed by atoms with Gasteiger partial charge < -0.3 is 15.4 Å². The van der Waals surface area contributed by atoms with E-state index in [2.05, 4.69) is 10.6 Å². The highest BCUT2D eigenvalue weighted by Gasteiger charge is 2.42. The van der Waals surface area contributed by atoms with E-state index in [1.807, 2.05) is 42.1 Å². The van der Waals surface area contributed by atoms with Gasteiger partial charge in [-0.1, -0.05) is 42.8 Å². The summed E-state index contributed by atoms with van der Waals surface area (Å²) in [5, 5.41) is 7.98. The van der Waals surface area contributed by atoms with Gasteiger partial charge in [-0.05, 0) is 29.7 Å². The van der Waals surface area contributed by atoms with Crippen molar-refractivity contribution < 1.29 is 19.1 Å². The third-order valence-electron chi connectivity index (χ3n) is 5.27. The van der Waals surface area contributed by atoms with Crippen molar-refractivity contribution in [3.05, 3.63) is 48.0 Å². The van der Waals surface area contributed by atoms with Gasteiger partial charge in [0.05, 0.1) is 17.6 Å². The number of hydrogen-bond donors (Lipinski definition) is 2. The van der Waals surface area contributed by atoms with Gasteiger partial charge in [0.15, 0.2) is 0 Å². The average Bonchev–Trinajstić information content (AvgIpc) is 3.24. The summed E-state index contributed by atoms with van der Waals surface area (Å²) in [7, 11) is 0. The zero-order valence-electron chi connectivity index (χ0n) is 15.4. The van der Waals surface area contributed by atoms with Crippen LogP contribution in [0.2, 0.25) is 0 Å². The molecular formula is C21H22N2O4S. The molecule has 0 aliphatic carbocycles. The summed E-state index contributed by atoms with van der Waals surface area (Å²) >= 11 is 1.86. The molecule has 2 N–H and O–H groups in total. The summed E-state index contributed by atoms with van der Waals surface area (Å²) in [4.78, 5) is 35.8. The molecule has 2 aromatic carbocycles. The fourth-order valence-electron chi connectivity index (χ4n) is 3.87. The smallest absolute Gasteiger partial charge is 0.346 e. The van der Waals surface area contributed by atoms with E-state index >= 15 is 0 Å². The molecule has 0 spiro atoms. The van der Waals surface area contributed by atoms with Crippen LogP contribution in [-0.2, 0) is 9.53 Å². The third kappa shape index (κ3) is 3.99. The Morgan fingerprint density at radius 3 is 2.79 bits per heavy atom. The number of rotatable bonds is 6. The first-order valence-corrected chi connectivity index (χ1v) is 10.6. The molecule has 0 radical (unpaired) electrons. The summed E-state index contributed by atoms with van der Waals surface area (Å²) < 4.78 is 5.05. The number of nitrogens with one attached hydrogen (secondary N) is 2. The highest BCUT2D eigenvalue weighted by atomic mass is 32.2. The fourth-order valence-corrected chi connectivity index (χ4v) is 5.41. The molecule has 2 amide bonds. The molecule has 2 heterocycles. The first kappa shape index (κ1) is 18.8. The highest BCUT2D eigenvalue weighted by Crippen LogP contribution is 2.33. The van der Waals surface area contributed by atoms with Crippen LogP contribution in [0.1, 0.15) is 36.0 Å². The Hall–Kier alpha value is -2.54. The predicted molar refractivity (Wildman–Crippen MR) is 108 cm³/mol. The minimum absolute atomic E-state index is 0.0872. The maximum Gasteiger partial charge on any atom is 0.346 e. The van der Waals surface area contributed by atoms with E-state index < -0.39 is 11.9 Å². The minimum atomic E-state index is -0.601. The van der Waals surface area contributed by atoms with Crippen LogP contribution in [0.25, 0.3) is 10.8 Å². The lowest BCUT2D eigenvalue weighted by Gasteiger charge is -2.16. The second-order valence-corrected chi connectivity index (χ2v) is 8.43. The number of amides is 2. The van der Waals surface area contributed by atoms with Gasteiger partial charge in [0, 0.05) is 17.4 Å². The van der Waals surface area contributed by atoms with Crippen LogP contribution in [0.4, 0.5) is 4.79 Å². The van der Waals surface area contributed by atoms with Crippen molar-refractivity contribution in [2.75, 3.05) is 5.75 Å². The SMILES string of the molecule is O=C1N[C@H]2[C@H](CS[C@H]2CCCCC(=O)OC(=O)c2cccc3ccccc23)N1. The van der Waals surface area contributed by atoms with Gasteiger partial charge in [0.1, 0.15) is 0 Å². The first-order chi connectivity index (χ1) is 13.6. The molecule has 146 valence electrons. The van der Waals surface area contributed by atoms with Crippen molar-refractivity contribution in [3.63, 3.8) is 0 Å². The second-order valence-electron chi connectivity index (χ2n) is 7.16. The van der Waals surface area contributed by atoms with E-state index in [0.717, 1.165) is 29.4 Å². The first-order valence-electron chi connectivity index (χ1n) is 9.53. The van der Waals surface area contributed by atoms with Crippen LogP contribution >= 0.6 is 11.8 Å². The standard InChI is InChI=1S/C21H22N2O4S/c24-18(11-4-3-10-17-19-16(12-28-17)22-21(26)23-19)27-20(25)15-9-5-7-13-6-1-2-8-14(13)15/h1-2,5-9,16-17,19H,3-4,10-12H2,(H2,22,23,26)/t16-,17-,19-/m0/s1. The maximum absolute atomic E-state index is 12.4. The number of hydrogen-bond acceptors (Lipinski definition) is 5. The highest BCUT2D eigenvalue weighted by molar-refractivity contribution is 8.00. The van der Waals surface area contributed by atoms with Gasteiger partial charge in [0.25, 0.3) is 0 Å². The van der Waals surface area contributed by atoms with Gasteiger partial charge in [-0.2, -0.15) is 11.8 Å². The van der Waals surface area contributed by atoms with E-state index in [1.165, 1.54) is 0 Å². The van der Waals surface area contributed by atoms with Crippen molar-refractivity contribution in [3.8, 4) is 0 Å². The molecule has 0 unspecified atom stereocenters. The molecule has 6 nitrogen and oxygen atoms in total. The van der Waals surface area contributed by atoms with Gasteiger partial charge in [-0.25, -0.2) is 9.59 Å². The Bertz CT molecular complexity index is 911. The topological polar surface area (TPSA) is 84.5 Å². The molecule has 4 rings (SSSR count). The minimum Gasteiger partial charge on any atom is -0.389 e. The zero-order chi connectivity index (χ0) is 19.5. The Labute approximate surface area is 167 Å². The van der Waals surface area contributed by atoms with Crippen LogP contribution in [0.3, 0.4) is 0 Å². The summed E-state index contributed by atoms with van der Waals surface area (Å²) in [5.41, 5.74) is 0.407. The van der Waals surface area contributed by atoms with Crippen LogP contribution in [0.5, 0.6) is 0 Å². The van der Waals surface area contributed by atoms with Crippen LogP contribution in [0.15, 0.2) is 42.5 Å². The molecular weight excluding hydrogens is 376 g/mol. The van der Waals surface area contributed by atoms with Crippen molar-refractivity contribution >= 4 is 40.5 Å². The number of thioether (sulfide) groups is 1. The quantitative estimate of drug-likeness (QED) is 0.338. The molecule has 28 heavy (non-hydrogen) atoms. The van der Waals surface area contributed by atoms with Crippen LogP contribution in [0, 0.1) is 0 Å². The van der Waals surface area contributed by atoms with Crippen LogP contribution < -0.4 is 10.6 Å². The van der Waals surface area contributed by atoms with E-state index in [9.17, 15) is 14.4 Å². The van der Waals surface area contributed by atoms with Crippen molar-refractivity contribution in [1.82, 2.24) is 10.6 Å². The number of ether oxygens (including phenoxy) is 1. The number of benzene rings is 2. The lowest BCUT2D eigenvalue weighted by atomic mass is 10.0. The van der Waals surface area contributed by atoms with Crippen molar-refractivity contribution in [2.24, 2.45) is 0 Å². The van der Waals surface area contributed by atoms with Gasteiger partial charge >= 0.3 is 18.0 Å². The molecule has 2 aliphatic heterocycles. The molecule has 7 heteroatoms. The van der Waals surface area contributed by atoms with E-state index in [1.54, 1.807) is 12.1 Å². The lowest BCUT2D eigenvalue weighted by molar-refractivity contribution is -0.138. The van der Waals surface area contributed by atoms with E-state index in [-0.39, 0.29) is 24.5 Å². The van der Waals surface area contributed by atoms with Gasteiger partial charge in [-0.3, -0.25) is 4.79 Å². The van der Waals surface area contributed by atoms with Crippen molar-refractivity contribution in [2.45, 2.75) is 43.0 Å². The number of carbonyl (C=O) groups excluding carboxylic acids is 3. The number of esters is 2. The van der Waals surface area contributed by atoms with Gasteiger partial charge in [0.2, 0.25) is 0 Å². The average molecular weight is 398 g/mol. The van der Waals surface area contributed by atoms with E-state index in [4.69, 9.17) is 4.74 Å². The molecule has 0 bridgehead atoms. The molecule has 2 aliphatic rings. The Morgan fingerprint density at radius 1 is 1.07 bits per heavy atom. The largest absolute Gasteiger partial charge is 0.389 e. The molecule has 2 fully saturated rings. The van der Waals surface area contributed by atoms with Crippen molar-refractivity contribution in [1.29, 1.82) is 0 Å². The molecule has 2 aromatic rings. The summed E-state index contributed by atoms with van der Waals surface area (Å²) in [6.45, 7) is 0. The summed E-state index contributed by atoms with van der Waals surface area (Å²) in [6.07, 6.45) is 2.66. The number of unbranched alkanes of at least 4 members (excludes halogenated alkanes) is 1. The molecule has 0 saturated carbocycles. The Balaban J connectivity index is 1.23. The van der Waals surface area contributed by atoms with E-state index in [0.29, 0.717) is 17.2 Å². The molecule has 0 aromatic heterocycles. The Kier molecular flexibility index (Phi) is 5.52.